The minimum atomic E-state index is -4.37. The summed E-state index contributed by atoms with van der Waals surface area (Å²) in [6.07, 6.45) is -3.97. The average molecular weight is 367 g/mol. The van der Waals surface area contributed by atoms with Crippen molar-refractivity contribution in [2.45, 2.75) is 12.6 Å². The van der Waals surface area contributed by atoms with Crippen molar-refractivity contribution in [1.82, 2.24) is 4.98 Å². The molecule has 3 aromatic rings. The maximum Gasteiger partial charge on any atom is 0.422 e. The largest absolute Gasteiger partial charge is 0.484 e. The highest BCUT2D eigenvalue weighted by atomic mass is 32.1. The van der Waals surface area contributed by atoms with Crippen LogP contribution < -0.4 is 4.74 Å². The second-order valence-electron chi connectivity index (χ2n) is 5.32. The molecule has 0 radical (unpaired) electrons. The first-order valence-corrected chi connectivity index (χ1v) is 8.26. The van der Waals surface area contributed by atoms with Crippen molar-refractivity contribution in [2.75, 3.05) is 6.61 Å². The summed E-state index contributed by atoms with van der Waals surface area (Å²) in [5.41, 5.74) is 2.02. The van der Waals surface area contributed by atoms with Gasteiger partial charge in [-0.25, -0.2) is 9.37 Å². The zero-order valence-corrected chi connectivity index (χ0v) is 13.7. The Morgan fingerprint density at radius 1 is 1.00 bits per heavy atom. The fraction of sp³-hybridized carbons (Fsp3) is 0.167. The lowest BCUT2D eigenvalue weighted by atomic mass is 10.1. The van der Waals surface area contributed by atoms with Crippen molar-refractivity contribution in [3.05, 3.63) is 70.3 Å². The van der Waals surface area contributed by atoms with Crippen molar-refractivity contribution in [2.24, 2.45) is 0 Å². The van der Waals surface area contributed by atoms with Crippen LogP contribution in [-0.2, 0) is 6.42 Å². The van der Waals surface area contributed by atoms with Gasteiger partial charge < -0.3 is 4.74 Å². The van der Waals surface area contributed by atoms with Crippen molar-refractivity contribution in [3.63, 3.8) is 0 Å². The van der Waals surface area contributed by atoms with Crippen LogP contribution in [0.4, 0.5) is 17.6 Å². The molecule has 0 aliphatic carbocycles. The van der Waals surface area contributed by atoms with E-state index < -0.39 is 12.8 Å². The summed E-state index contributed by atoms with van der Waals surface area (Å²) in [6.45, 7) is -1.32. The topological polar surface area (TPSA) is 22.1 Å². The molecule has 7 heteroatoms. The van der Waals surface area contributed by atoms with Crippen LogP contribution in [0.5, 0.6) is 5.75 Å². The third-order valence-corrected chi connectivity index (χ3v) is 4.25. The molecule has 0 amide bonds. The van der Waals surface area contributed by atoms with Gasteiger partial charge in [0.2, 0.25) is 0 Å². The molecule has 2 aromatic carbocycles. The van der Waals surface area contributed by atoms with Gasteiger partial charge in [-0.2, -0.15) is 13.2 Å². The van der Waals surface area contributed by atoms with Crippen LogP contribution in [0, 0.1) is 5.82 Å². The number of alkyl halides is 3. The van der Waals surface area contributed by atoms with E-state index in [2.05, 4.69) is 9.72 Å². The number of thiazole rings is 1. The van der Waals surface area contributed by atoms with E-state index in [1.165, 1.54) is 29.5 Å². The quantitative estimate of drug-likeness (QED) is 0.557. The molecule has 1 aromatic heterocycles. The van der Waals surface area contributed by atoms with Crippen molar-refractivity contribution < 1.29 is 22.3 Å². The SMILES string of the molecule is Fc1ccccc1Cc1nc(-c2ccc(OCC(F)(F)F)cc2)cs1. The fourth-order valence-corrected chi connectivity index (χ4v) is 3.04. The van der Waals surface area contributed by atoms with Crippen LogP contribution in [0.15, 0.2) is 53.9 Å². The Balaban J connectivity index is 1.69. The highest BCUT2D eigenvalue weighted by molar-refractivity contribution is 7.10. The third kappa shape index (κ3) is 4.79. The molecule has 0 spiro atoms. The van der Waals surface area contributed by atoms with Crippen LogP contribution in [0.2, 0.25) is 0 Å². The van der Waals surface area contributed by atoms with Gasteiger partial charge in [0, 0.05) is 17.4 Å². The molecule has 0 atom stereocenters. The van der Waals surface area contributed by atoms with Crippen LogP contribution in [-0.4, -0.2) is 17.8 Å². The smallest absolute Gasteiger partial charge is 0.422 e. The Morgan fingerprint density at radius 3 is 2.40 bits per heavy atom. The zero-order valence-electron chi connectivity index (χ0n) is 12.9. The molecule has 2 nitrogen and oxygen atoms in total. The summed E-state index contributed by atoms with van der Waals surface area (Å²) in [5.74, 6) is -0.131. The van der Waals surface area contributed by atoms with Gasteiger partial charge in [0.1, 0.15) is 11.6 Å². The maximum absolute atomic E-state index is 13.7. The molecule has 0 N–H and O–H groups in total. The zero-order chi connectivity index (χ0) is 17.9. The van der Waals surface area contributed by atoms with Gasteiger partial charge >= 0.3 is 6.18 Å². The third-order valence-electron chi connectivity index (χ3n) is 3.40. The van der Waals surface area contributed by atoms with E-state index in [0.29, 0.717) is 17.7 Å². The summed E-state index contributed by atoms with van der Waals surface area (Å²) in [4.78, 5) is 4.46. The second kappa shape index (κ2) is 7.23. The van der Waals surface area contributed by atoms with E-state index >= 15 is 0 Å². The van der Waals surface area contributed by atoms with Crippen molar-refractivity contribution in [1.29, 1.82) is 0 Å². The van der Waals surface area contributed by atoms with Crippen LogP contribution in [0.3, 0.4) is 0 Å². The number of ether oxygens (including phenoxy) is 1. The van der Waals surface area contributed by atoms with E-state index in [0.717, 1.165) is 10.6 Å². The van der Waals surface area contributed by atoms with Gasteiger partial charge in [-0.1, -0.05) is 18.2 Å². The van der Waals surface area contributed by atoms with E-state index in [1.807, 2.05) is 5.38 Å². The molecule has 1 heterocycles. The second-order valence-corrected chi connectivity index (χ2v) is 6.27. The van der Waals surface area contributed by atoms with E-state index in [-0.39, 0.29) is 11.6 Å². The highest BCUT2D eigenvalue weighted by Gasteiger charge is 2.28. The molecule has 0 bridgehead atoms. The van der Waals surface area contributed by atoms with Gasteiger partial charge in [0.05, 0.1) is 10.7 Å². The van der Waals surface area contributed by atoms with E-state index in [1.54, 1.807) is 30.3 Å². The minimum Gasteiger partial charge on any atom is -0.484 e. The predicted octanol–water partition coefficient (Wildman–Crippen LogP) is 5.48. The summed E-state index contributed by atoms with van der Waals surface area (Å²) >= 11 is 1.41. The molecular formula is C18H13F4NOS. The van der Waals surface area contributed by atoms with Crippen molar-refractivity contribution in [3.8, 4) is 17.0 Å². The molecule has 0 aliphatic heterocycles. The lowest BCUT2D eigenvalue weighted by molar-refractivity contribution is -0.153. The van der Waals surface area contributed by atoms with Gasteiger partial charge in [-0.3, -0.25) is 0 Å². The first kappa shape index (κ1) is 17.4. The summed E-state index contributed by atoms with van der Waals surface area (Å²) < 4.78 is 54.8. The average Bonchev–Trinajstić information content (AvgIpc) is 3.03. The molecule has 130 valence electrons. The number of hydrogen-bond acceptors (Lipinski definition) is 3. The predicted molar refractivity (Wildman–Crippen MR) is 88.3 cm³/mol. The number of hydrogen-bond donors (Lipinski definition) is 0. The number of rotatable bonds is 5. The Bertz CT molecular complexity index is 843. The number of benzene rings is 2. The minimum absolute atomic E-state index is 0.142. The number of aromatic nitrogens is 1. The maximum atomic E-state index is 13.7. The highest BCUT2D eigenvalue weighted by Crippen LogP contribution is 2.26. The molecule has 0 aliphatic rings. The molecule has 3 rings (SSSR count). The van der Waals surface area contributed by atoms with Crippen LogP contribution in [0.1, 0.15) is 10.6 Å². The monoisotopic (exact) mass is 367 g/mol. The fourth-order valence-electron chi connectivity index (χ4n) is 2.22. The summed E-state index contributed by atoms with van der Waals surface area (Å²) in [5, 5.41) is 2.60. The molecule has 0 saturated heterocycles. The van der Waals surface area contributed by atoms with Crippen molar-refractivity contribution >= 4 is 11.3 Å². The first-order valence-electron chi connectivity index (χ1n) is 7.38. The van der Waals surface area contributed by atoms with Gasteiger partial charge in [0.15, 0.2) is 6.61 Å². The molecule has 0 unspecified atom stereocenters. The Hall–Kier alpha value is -2.41. The number of halogens is 4. The Labute approximate surface area is 145 Å². The van der Waals surface area contributed by atoms with E-state index in [4.69, 9.17) is 0 Å². The Morgan fingerprint density at radius 2 is 1.72 bits per heavy atom. The normalized spacial score (nSPS) is 11.5. The molecule has 0 saturated carbocycles. The lowest BCUT2D eigenvalue weighted by Gasteiger charge is -2.09. The van der Waals surface area contributed by atoms with Gasteiger partial charge in [-0.05, 0) is 35.9 Å². The van der Waals surface area contributed by atoms with Gasteiger partial charge in [-0.15, -0.1) is 11.3 Å². The molecule has 25 heavy (non-hydrogen) atoms. The summed E-state index contributed by atoms with van der Waals surface area (Å²) in [7, 11) is 0. The molecule has 0 fully saturated rings. The standard InChI is InChI=1S/C18H13F4NOS/c19-15-4-2-1-3-13(15)9-17-23-16(10-25-17)12-5-7-14(8-6-12)24-11-18(20,21)22/h1-8,10H,9,11H2. The van der Waals surface area contributed by atoms with Gasteiger partial charge in [0.25, 0.3) is 0 Å². The Kier molecular flexibility index (Phi) is 5.03. The number of nitrogens with zero attached hydrogens (tertiary/aromatic N) is 1. The summed E-state index contributed by atoms with van der Waals surface area (Å²) in [6, 6.07) is 12.8. The van der Waals surface area contributed by atoms with Crippen LogP contribution in [0.25, 0.3) is 11.3 Å². The lowest BCUT2D eigenvalue weighted by Crippen LogP contribution is -2.19. The van der Waals surface area contributed by atoms with E-state index in [9.17, 15) is 17.6 Å². The van der Waals surface area contributed by atoms with Crippen LogP contribution >= 0.6 is 11.3 Å². The molecular weight excluding hydrogens is 354 g/mol. The first-order chi connectivity index (χ1) is 11.9.